The van der Waals surface area contributed by atoms with E-state index >= 15 is 0 Å². The lowest BCUT2D eigenvalue weighted by molar-refractivity contribution is 0.0924. The molecule has 0 fully saturated rings. The van der Waals surface area contributed by atoms with Crippen LogP contribution < -0.4 is 17.0 Å². The predicted octanol–water partition coefficient (Wildman–Crippen LogP) is -0.810. The Morgan fingerprint density at radius 1 is 1.00 bits per heavy atom. The molecule has 0 unspecified atom stereocenters. The van der Waals surface area contributed by atoms with Crippen LogP contribution in [0.5, 0.6) is 0 Å². The first-order chi connectivity index (χ1) is 6.62. The minimum absolute atomic E-state index is 0.630. The standard InChI is InChI=1S/C3H6O3.C2H6N2O2.CH5N/c1-5-3(4)6-2;1-6-2(5)4-3;1-2/h1-2H3;3H2,1H3,(H,4,5);2H2,1H3. The second-order valence-electron chi connectivity index (χ2n) is 1.29. The van der Waals surface area contributed by atoms with Gasteiger partial charge in [0, 0.05) is 0 Å². The van der Waals surface area contributed by atoms with E-state index in [1.54, 1.807) is 5.43 Å². The molecule has 0 saturated carbocycles. The SMILES string of the molecule is CN.COC(=O)NN.COC(=O)OC. The van der Waals surface area contributed by atoms with Crippen molar-refractivity contribution in [2.75, 3.05) is 28.4 Å². The van der Waals surface area contributed by atoms with Crippen molar-refractivity contribution < 1.29 is 23.8 Å². The van der Waals surface area contributed by atoms with Crippen LogP contribution in [0.3, 0.4) is 0 Å². The average molecular weight is 211 g/mol. The largest absolute Gasteiger partial charge is 0.507 e. The van der Waals surface area contributed by atoms with E-state index in [4.69, 9.17) is 0 Å². The summed E-state index contributed by atoms with van der Waals surface area (Å²) in [6.45, 7) is 0. The second kappa shape index (κ2) is 17.5. The Bertz CT molecular complexity index is 113. The third-order valence-corrected chi connectivity index (χ3v) is 0.637. The quantitative estimate of drug-likeness (QED) is 0.207. The van der Waals surface area contributed by atoms with Crippen LogP contribution in [0.25, 0.3) is 0 Å². The zero-order valence-corrected chi connectivity index (χ0v) is 8.70. The smallest absolute Gasteiger partial charge is 0.452 e. The summed E-state index contributed by atoms with van der Waals surface area (Å²) in [5.74, 6) is 4.56. The van der Waals surface area contributed by atoms with E-state index in [0.29, 0.717) is 0 Å². The topological polar surface area (TPSA) is 126 Å². The summed E-state index contributed by atoms with van der Waals surface area (Å²) in [4.78, 5) is 19.5. The Balaban J connectivity index is -0.000000147. The maximum Gasteiger partial charge on any atom is 0.507 e. The van der Waals surface area contributed by atoms with E-state index in [0.717, 1.165) is 0 Å². The van der Waals surface area contributed by atoms with Crippen LogP contribution in [-0.4, -0.2) is 40.6 Å². The average Bonchev–Trinajstić information content (AvgIpc) is 2.30. The molecule has 0 aliphatic rings. The van der Waals surface area contributed by atoms with E-state index in [1.807, 2.05) is 0 Å². The van der Waals surface area contributed by atoms with Gasteiger partial charge >= 0.3 is 12.2 Å². The van der Waals surface area contributed by atoms with Crippen LogP contribution >= 0.6 is 0 Å². The Kier molecular flexibility index (Phi) is 22.9. The molecule has 8 nitrogen and oxygen atoms in total. The molecule has 0 spiro atoms. The van der Waals surface area contributed by atoms with Crippen LogP contribution in [0.2, 0.25) is 0 Å². The van der Waals surface area contributed by atoms with Crippen molar-refractivity contribution >= 4 is 12.2 Å². The minimum atomic E-state index is -0.657. The molecule has 0 aromatic heterocycles. The highest BCUT2D eigenvalue weighted by molar-refractivity contribution is 5.65. The molecule has 0 bridgehead atoms. The van der Waals surface area contributed by atoms with Gasteiger partial charge in [-0.15, -0.1) is 0 Å². The third-order valence-electron chi connectivity index (χ3n) is 0.637. The number of hydrogen-bond donors (Lipinski definition) is 3. The number of carbonyl (C=O) groups excluding carboxylic acids is 2. The molecule has 0 radical (unpaired) electrons. The van der Waals surface area contributed by atoms with Crippen molar-refractivity contribution in [2.45, 2.75) is 0 Å². The minimum Gasteiger partial charge on any atom is -0.452 e. The highest BCUT2D eigenvalue weighted by Crippen LogP contribution is 1.72. The molecular formula is C6H17N3O5. The summed E-state index contributed by atoms with van der Waals surface area (Å²) in [6.07, 6.45) is -1.29. The number of hydrogen-bond acceptors (Lipinski definition) is 7. The molecule has 0 heterocycles. The van der Waals surface area contributed by atoms with Gasteiger partial charge in [0.05, 0.1) is 21.3 Å². The molecule has 0 aliphatic heterocycles. The number of hydrazine groups is 1. The normalized spacial score (nSPS) is 6.43. The number of nitrogens with two attached hydrogens (primary N) is 2. The van der Waals surface area contributed by atoms with E-state index in [-0.39, 0.29) is 0 Å². The highest BCUT2D eigenvalue weighted by Gasteiger charge is 1.88. The molecule has 0 atom stereocenters. The van der Waals surface area contributed by atoms with Crippen LogP contribution in [0.1, 0.15) is 0 Å². The van der Waals surface area contributed by atoms with Crippen molar-refractivity contribution in [3.8, 4) is 0 Å². The Morgan fingerprint density at radius 2 is 1.36 bits per heavy atom. The van der Waals surface area contributed by atoms with Gasteiger partial charge in [-0.1, -0.05) is 0 Å². The van der Waals surface area contributed by atoms with Gasteiger partial charge in [-0.2, -0.15) is 0 Å². The summed E-state index contributed by atoms with van der Waals surface area (Å²) in [5.41, 5.74) is 6.25. The van der Waals surface area contributed by atoms with Gasteiger partial charge in [0.2, 0.25) is 0 Å². The molecular weight excluding hydrogens is 194 g/mol. The fraction of sp³-hybridized carbons (Fsp3) is 0.667. The number of methoxy groups -OCH3 is 3. The van der Waals surface area contributed by atoms with E-state index in [1.165, 1.54) is 28.4 Å². The van der Waals surface area contributed by atoms with Gasteiger partial charge in [-0.25, -0.2) is 15.4 Å². The van der Waals surface area contributed by atoms with Gasteiger partial charge in [0.15, 0.2) is 0 Å². The zero-order valence-electron chi connectivity index (χ0n) is 8.70. The molecule has 5 N–H and O–H groups in total. The summed E-state index contributed by atoms with van der Waals surface area (Å²) in [6, 6.07) is 0. The van der Waals surface area contributed by atoms with Gasteiger partial charge in [0.1, 0.15) is 0 Å². The van der Waals surface area contributed by atoms with E-state index < -0.39 is 12.2 Å². The maximum absolute atomic E-state index is 9.74. The van der Waals surface area contributed by atoms with Crippen LogP contribution in [0, 0.1) is 0 Å². The van der Waals surface area contributed by atoms with Crippen LogP contribution in [-0.2, 0) is 14.2 Å². The predicted molar refractivity (Wildman–Crippen MR) is 49.3 cm³/mol. The second-order valence-corrected chi connectivity index (χ2v) is 1.29. The lowest BCUT2D eigenvalue weighted by Gasteiger charge is -1.90. The fourth-order valence-electron chi connectivity index (χ4n) is 0.142. The van der Waals surface area contributed by atoms with Gasteiger partial charge < -0.3 is 19.9 Å². The molecule has 14 heavy (non-hydrogen) atoms. The molecule has 0 aromatic carbocycles. The van der Waals surface area contributed by atoms with Gasteiger partial charge in [0.25, 0.3) is 0 Å². The first kappa shape index (κ1) is 18.3. The molecule has 8 heteroatoms. The summed E-state index contributed by atoms with van der Waals surface area (Å²) in [7, 11) is 5.25. The monoisotopic (exact) mass is 211 g/mol. The number of amides is 1. The number of carbonyl (C=O) groups is 2. The number of ether oxygens (including phenoxy) is 3. The van der Waals surface area contributed by atoms with Crippen molar-refractivity contribution in [3.63, 3.8) is 0 Å². The van der Waals surface area contributed by atoms with Crippen LogP contribution in [0.4, 0.5) is 9.59 Å². The first-order valence-electron chi connectivity index (χ1n) is 3.36. The number of nitrogens with one attached hydrogen (secondary N) is 1. The van der Waals surface area contributed by atoms with Crippen molar-refractivity contribution in [1.29, 1.82) is 0 Å². The maximum atomic E-state index is 9.74. The number of rotatable bonds is 0. The molecule has 0 aromatic rings. The van der Waals surface area contributed by atoms with Crippen molar-refractivity contribution in [1.82, 2.24) is 5.43 Å². The summed E-state index contributed by atoms with van der Waals surface area (Å²) < 4.78 is 12.1. The zero-order chi connectivity index (χ0) is 12.0. The van der Waals surface area contributed by atoms with Gasteiger partial charge in [-0.3, -0.25) is 5.43 Å². The molecule has 1 amide bonds. The molecule has 0 saturated heterocycles. The molecule has 0 rings (SSSR count). The summed E-state index contributed by atoms with van der Waals surface area (Å²) in [5, 5.41) is 0. The third kappa shape index (κ3) is 22.4. The van der Waals surface area contributed by atoms with Crippen LogP contribution in [0.15, 0.2) is 0 Å². The lowest BCUT2D eigenvalue weighted by atomic mass is 11.2. The Labute approximate surface area is 82.4 Å². The lowest BCUT2D eigenvalue weighted by Crippen LogP contribution is -2.29. The van der Waals surface area contributed by atoms with Crippen molar-refractivity contribution in [2.24, 2.45) is 11.6 Å². The molecule has 0 aliphatic carbocycles. The summed E-state index contributed by atoms with van der Waals surface area (Å²) >= 11 is 0. The van der Waals surface area contributed by atoms with E-state index in [9.17, 15) is 9.59 Å². The first-order valence-corrected chi connectivity index (χ1v) is 3.36. The molecule has 86 valence electrons. The van der Waals surface area contributed by atoms with Crippen molar-refractivity contribution in [3.05, 3.63) is 0 Å². The fourth-order valence-corrected chi connectivity index (χ4v) is 0.142. The van der Waals surface area contributed by atoms with Gasteiger partial charge in [-0.05, 0) is 7.05 Å². The highest BCUT2D eigenvalue weighted by atomic mass is 16.7. The Hall–Kier alpha value is -1.54. The van der Waals surface area contributed by atoms with E-state index in [2.05, 4.69) is 25.8 Å². The Morgan fingerprint density at radius 3 is 1.36 bits per heavy atom.